The molecule has 1 heteroatoms. The Bertz CT molecular complexity index is 269. The first-order valence-corrected chi connectivity index (χ1v) is 8.84. The second-order valence-corrected chi connectivity index (χ2v) is 7.80. The summed E-state index contributed by atoms with van der Waals surface area (Å²) in [7, 11) is 0. The zero-order chi connectivity index (χ0) is 13.8. The summed E-state index contributed by atoms with van der Waals surface area (Å²) in [6.45, 7) is 5.76. The van der Waals surface area contributed by atoms with Crippen molar-refractivity contribution in [3.05, 3.63) is 0 Å². The van der Waals surface area contributed by atoms with Crippen molar-refractivity contribution in [2.45, 2.75) is 90.9 Å². The second kappa shape index (κ2) is 6.61. The van der Waals surface area contributed by atoms with E-state index in [0.29, 0.717) is 10.8 Å². The van der Waals surface area contributed by atoms with Gasteiger partial charge in [-0.05, 0) is 74.7 Å². The Morgan fingerprint density at radius 2 is 1.68 bits per heavy atom. The highest BCUT2D eigenvalue weighted by atomic mass is 14.5. The lowest BCUT2D eigenvalue weighted by atomic mass is 9.66. The Morgan fingerprint density at radius 1 is 0.947 bits per heavy atom. The lowest BCUT2D eigenvalue weighted by Crippen LogP contribution is -2.29. The molecular weight excluding hydrogens is 230 g/mol. The van der Waals surface area contributed by atoms with E-state index < -0.39 is 0 Å². The predicted molar refractivity (Wildman–Crippen MR) is 84.2 cm³/mol. The molecule has 2 atom stereocenters. The molecule has 2 saturated carbocycles. The molecular formula is C18H35N. The Balaban J connectivity index is 2.07. The average Bonchev–Trinajstić information content (AvgIpc) is 2.86. The van der Waals surface area contributed by atoms with Crippen molar-refractivity contribution in [3.8, 4) is 0 Å². The molecule has 2 N–H and O–H groups in total. The fourth-order valence-electron chi connectivity index (χ4n) is 5.16. The van der Waals surface area contributed by atoms with E-state index in [4.69, 9.17) is 5.73 Å². The Kier molecular flexibility index (Phi) is 5.34. The minimum Gasteiger partial charge on any atom is -0.330 e. The van der Waals surface area contributed by atoms with E-state index in [9.17, 15) is 0 Å². The number of hydrogen-bond donors (Lipinski definition) is 1. The zero-order valence-electron chi connectivity index (χ0n) is 13.3. The SMILES string of the molecule is CCCC1(C2CCCC2)CCC[C@@](C)(CCN)CC1. The molecule has 112 valence electrons. The van der Waals surface area contributed by atoms with Gasteiger partial charge >= 0.3 is 0 Å². The Labute approximate surface area is 120 Å². The van der Waals surface area contributed by atoms with Crippen LogP contribution in [0.25, 0.3) is 0 Å². The molecule has 0 amide bonds. The number of rotatable bonds is 5. The van der Waals surface area contributed by atoms with Crippen LogP contribution in [0.1, 0.15) is 90.9 Å². The molecule has 0 spiro atoms. The van der Waals surface area contributed by atoms with Gasteiger partial charge in [0.25, 0.3) is 0 Å². The van der Waals surface area contributed by atoms with Crippen molar-refractivity contribution in [1.82, 2.24) is 0 Å². The summed E-state index contributed by atoms with van der Waals surface area (Å²) in [5.41, 5.74) is 7.09. The van der Waals surface area contributed by atoms with Crippen LogP contribution in [0.2, 0.25) is 0 Å². The number of hydrogen-bond acceptors (Lipinski definition) is 1. The lowest BCUT2D eigenvalue weighted by Gasteiger charge is -2.39. The van der Waals surface area contributed by atoms with Gasteiger partial charge in [-0.3, -0.25) is 0 Å². The fourth-order valence-corrected chi connectivity index (χ4v) is 5.16. The van der Waals surface area contributed by atoms with Gasteiger partial charge in [0.2, 0.25) is 0 Å². The highest BCUT2D eigenvalue weighted by Gasteiger charge is 2.42. The third-order valence-electron chi connectivity index (χ3n) is 6.40. The maximum Gasteiger partial charge on any atom is -0.00721 e. The molecule has 2 aliphatic carbocycles. The standard InChI is InChI=1S/C18H35N/c1-3-9-18(16-7-4-5-8-16)11-6-10-17(2,12-13-18)14-15-19/h16H,3-15,19H2,1-2H3/t17-,18?/m1/s1. The molecule has 0 bridgehead atoms. The van der Waals surface area contributed by atoms with Crippen molar-refractivity contribution in [1.29, 1.82) is 0 Å². The van der Waals surface area contributed by atoms with Gasteiger partial charge in [0.05, 0.1) is 0 Å². The molecule has 1 nitrogen and oxygen atoms in total. The van der Waals surface area contributed by atoms with E-state index in [1.54, 1.807) is 0 Å². The summed E-state index contributed by atoms with van der Waals surface area (Å²) >= 11 is 0. The summed E-state index contributed by atoms with van der Waals surface area (Å²) in [6, 6.07) is 0. The molecule has 0 radical (unpaired) electrons. The lowest BCUT2D eigenvalue weighted by molar-refractivity contribution is 0.111. The van der Waals surface area contributed by atoms with Crippen molar-refractivity contribution in [2.75, 3.05) is 6.54 Å². The van der Waals surface area contributed by atoms with Crippen molar-refractivity contribution < 1.29 is 0 Å². The molecule has 1 unspecified atom stereocenters. The highest BCUT2D eigenvalue weighted by Crippen LogP contribution is 2.54. The Hall–Kier alpha value is -0.0400. The summed E-state index contributed by atoms with van der Waals surface area (Å²) in [5, 5.41) is 0. The van der Waals surface area contributed by atoms with Crippen molar-refractivity contribution >= 4 is 0 Å². The second-order valence-electron chi connectivity index (χ2n) is 7.80. The van der Waals surface area contributed by atoms with Gasteiger partial charge in [0.1, 0.15) is 0 Å². The van der Waals surface area contributed by atoms with Gasteiger partial charge in [-0.1, -0.05) is 39.5 Å². The normalized spacial score (nSPS) is 37.4. The van der Waals surface area contributed by atoms with Crippen LogP contribution in [-0.4, -0.2) is 6.54 Å². The molecule has 0 aliphatic heterocycles. The van der Waals surface area contributed by atoms with Crippen LogP contribution >= 0.6 is 0 Å². The molecule has 2 rings (SSSR count). The molecule has 2 aliphatic rings. The van der Waals surface area contributed by atoms with E-state index in [-0.39, 0.29) is 0 Å². The monoisotopic (exact) mass is 265 g/mol. The molecule has 0 aromatic carbocycles. The van der Waals surface area contributed by atoms with Gasteiger partial charge in [0.15, 0.2) is 0 Å². The van der Waals surface area contributed by atoms with E-state index in [1.165, 1.54) is 77.0 Å². The van der Waals surface area contributed by atoms with Crippen LogP contribution in [0.5, 0.6) is 0 Å². The van der Waals surface area contributed by atoms with Gasteiger partial charge in [0, 0.05) is 0 Å². The van der Waals surface area contributed by atoms with Crippen molar-refractivity contribution in [2.24, 2.45) is 22.5 Å². The van der Waals surface area contributed by atoms with E-state index >= 15 is 0 Å². The first-order valence-electron chi connectivity index (χ1n) is 8.84. The Morgan fingerprint density at radius 3 is 2.32 bits per heavy atom. The topological polar surface area (TPSA) is 26.0 Å². The van der Waals surface area contributed by atoms with Gasteiger partial charge in [-0.15, -0.1) is 0 Å². The third kappa shape index (κ3) is 3.54. The van der Waals surface area contributed by atoms with Crippen LogP contribution in [0.15, 0.2) is 0 Å². The predicted octanol–water partition coefficient (Wildman–Crippen LogP) is 5.28. The van der Waals surface area contributed by atoms with E-state index in [1.807, 2.05) is 0 Å². The maximum atomic E-state index is 5.84. The number of nitrogens with two attached hydrogens (primary N) is 1. The molecule has 0 saturated heterocycles. The van der Waals surface area contributed by atoms with Crippen molar-refractivity contribution in [3.63, 3.8) is 0 Å². The fraction of sp³-hybridized carbons (Fsp3) is 1.00. The largest absolute Gasteiger partial charge is 0.330 e. The van der Waals surface area contributed by atoms with E-state index in [2.05, 4.69) is 13.8 Å². The summed E-state index contributed by atoms with van der Waals surface area (Å²) in [4.78, 5) is 0. The van der Waals surface area contributed by atoms with Gasteiger partial charge in [-0.2, -0.15) is 0 Å². The zero-order valence-corrected chi connectivity index (χ0v) is 13.3. The minimum absolute atomic E-state index is 0.544. The van der Waals surface area contributed by atoms with Crippen LogP contribution in [0.3, 0.4) is 0 Å². The summed E-state index contributed by atoms with van der Waals surface area (Å²) < 4.78 is 0. The average molecular weight is 265 g/mol. The van der Waals surface area contributed by atoms with Crippen LogP contribution in [0, 0.1) is 16.7 Å². The molecule has 19 heavy (non-hydrogen) atoms. The summed E-state index contributed by atoms with van der Waals surface area (Å²) in [6.07, 6.45) is 17.4. The third-order valence-corrected chi connectivity index (χ3v) is 6.40. The minimum atomic E-state index is 0.544. The molecule has 0 aromatic rings. The molecule has 2 fully saturated rings. The van der Waals surface area contributed by atoms with Gasteiger partial charge < -0.3 is 5.73 Å². The van der Waals surface area contributed by atoms with Crippen LogP contribution in [-0.2, 0) is 0 Å². The molecule has 0 aromatic heterocycles. The maximum absolute atomic E-state index is 5.84. The summed E-state index contributed by atoms with van der Waals surface area (Å²) in [5.74, 6) is 1.05. The van der Waals surface area contributed by atoms with Gasteiger partial charge in [-0.25, -0.2) is 0 Å². The van der Waals surface area contributed by atoms with Crippen LogP contribution in [0.4, 0.5) is 0 Å². The van der Waals surface area contributed by atoms with Crippen LogP contribution < -0.4 is 5.73 Å². The highest BCUT2D eigenvalue weighted by molar-refractivity contribution is 4.93. The van der Waals surface area contributed by atoms with E-state index in [0.717, 1.165) is 12.5 Å². The first-order chi connectivity index (χ1) is 9.14. The quantitative estimate of drug-likeness (QED) is 0.672. The molecule has 0 heterocycles. The smallest absolute Gasteiger partial charge is 0.00721 e. The first kappa shape index (κ1) is 15.4.